The zero-order valence-corrected chi connectivity index (χ0v) is 26.3. The van der Waals surface area contributed by atoms with Gasteiger partial charge in [-0.1, -0.05) is 133 Å². The third-order valence-corrected chi connectivity index (χ3v) is 9.49. The fraction of sp³-hybridized carbons (Fsp3) is 0. The molecule has 0 fully saturated rings. The molecule has 0 aliphatic heterocycles. The highest BCUT2D eigenvalue weighted by Gasteiger charge is 2.20. The fourth-order valence-electron chi connectivity index (χ4n) is 7.21. The lowest BCUT2D eigenvalue weighted by Gasteiger charge is -2.17. The van der Waals surface area contributed by atoms with Gasteiger partial charge in [0.2, 0.25) is 0 Å². The summed E-state index contributed by atoms with van der Waals surface area (Å²) >= 11 is 0. The molecule has 0 aliphatic carbocycles. The van der Waals surface area contributed by atoms with Crippen LogP contribution < -0.4 is 0 Å². The molecule has 4 heteroatoms. The van der Waals surface area contributed by atoms with E-state index in [4.69, 9.17) is 19.4 Å². The van der Waals surface area contributed by atoms with Crippen LogP contribution in [0.5, 0.6) is 0 Å². The van der Waals surface area contributed by atoms with Gasteiger partial charge in [-0.3, -0.25) is 0 Å². The van der Waals surface area contributed by atoms with Gasteiger partial charge in [0.15, 0.2) is 17.5 Å². The number of furan rings is 1. The molecule has 0 unspecified atom stereocenters. The molecule has 8 aromatic carbocycles. The van der Waals surface area contributed by atoms with Crippen LogP contribution >= 0.6 is 0 Å². The van der Waals surface area contributed by atoms with Crippen molar-refractivity contribution < 1.29 is 4.42 Å². The highest BCUT2D eigenvalue weighted by molar-refractivity contribution is 6.28. The SMILES string of the molecule is c1ccc(-c2cc(-c3nc(-c4ccccc4)nc(-c4ccc5c(c4)oc4ccccc45)n3)c3c4ccccc4c4ccccc4c3c2)cc1. The molecule has 0 amide bonds. The van der Waals surface area contributed by atoms with Crippen LogP contribution in [0.25, 0.3) is 99.5 Å². The van der Waals surface area contributed by atoms with E-state index in [1.807, 2.05) is 54.6 Å². The van der Waals surface area contributed by atoms with Gasteiger partial charge in [-0.05, 0) is 68.4 Å². The Morgan fingerprint density at radius 3 is 1.57 bits per heavy atom. The number of para-hydroxylation sites is 1. The van der Waals surface area contributed by atoms with Gasteiger partial charge in [0.1, 0.15) is 11.2 Å². The number of hydrogen-bond acceptors (Lipinski definition) is 4. The van der Waals surface area contributed by atoms with Crippen LogP contribution in [-0.4, -0.2) is 15.0 Å². The summed E-state index contributed by atoms with van der Waals surface area (Å²) in [7, 11) is 0. The first-order valence-electron chi connectivity index (χ1n) is 16.4. The Bertz CT molecular complexity index is 2880. The van der Waals surface area contributed by atoms with Crippen molar-refractivity contribution in [2.24, 2.45) is 0 Å². The third-order valence-electron chi connectivity index (χ3n) is 9.49. The summed E-state index contributed by atoms with van der Waals surface area (Å²) in [6.45, 7) is 0. The number of benzene rings is 8. The number of fused-ring (bicyclic) bond motifs is 9. The van der Waals surface area contributed by atoms with E-state index in [1.165, 1.54) is 16.2 Å². The van der Waals surface area contributed by atoms with Crippen LogP contribution in [0.2, 0.25) is 0 Å². The smallest absolute Gasteiger partial charge is 0.164 e. The van der Waals surface area contributed by atoms with Crippen LogP contribution in [0.4, 0.5) is 0 Å². The number of nitrogens with zero attached hydrogens (tertiary/aromatic N) is 3. The van der Waals surface area contributed by atoms with Crippen molar-refractivity contribution in [1.82, 2.24) is 15.0 Å². The Morgan fingerprint density at radius 2 is 0.837 bits per heavy atom. The van der Waals surface area contributed by atoms with Crippen molar-refractivity contribution in [3.8, 4) is 45.3 Å². The molecule has 0 bridgehead atoms. The summed E-state index contributed by atoms with van der Waals surface area (Å²) in [5, 5.41) is 9.23. The zero-order chi connectivity index (χ0) is 32.3. The lowest BCUT2D eigenvalue weighted by molar-refractivity contribution is 0.669. The summed E-state index contributed by atoms with van der Waals surface area (Å²) in [6.07, 6.45) is 0. The Kier molecular flexibility index (Phi) is 6.15. The average molecular weight is 626 g/mol. The van der Waals surface area contributed by atoms with E-state index in [1.54, 1.807) is 0 Å². The van der Waals surface area contributed by atoms with E-state index >= 15 is 0 Å². The minimum Gasteiger partial charge on any atom is -0.456 e. The van der Waals surface area contributed by atoms with Gasteiger partial charge in [0.25, 0.3) is 0 Å². The van der Waals surface area contributed by atoms with Gasteiger partial charge in [-0.15, -0.1) is 0 Å². The molecule has 0 atom stereocenters. The second-order valence-electron chi connectivity index (χ2n) is 12.4. The molecule has 0 saturated heterocycles. The molecule has 0 N–H and O–H groups in total. The van der Waals surface area contributed by atoms with Crippen LogP contribution in [0.15, 0.2) is 168 Å². The number of aromatic nitrogens is 3. The van der Waals surface area contributed by atoms with Gasteiger partial charge in [0.05, 0.1) is 0 Å². The van der Waals surface area contributed by atoms with Crippen molar-refractivity contribution in [3.63, 3.8) is 0 Å². The van der Waals surface area contributed by atoms with Crippen molar-refractivity contribution in [1.29, 1.82) is 0 Å². The van der Waals surface area contributed by atoms with Gasteiger partial charge < -0.3 is 4.42 Å². The van der Waals surface area contributed by atoms with E-state index in [2.05, 4.69) is 109 Å². The summed E-state index contributed by atoms with van der Waals surface area (Å²) in [6, 6.07) is 56.9. The molecule has 10 aromatic rings. The molecule has 4 nitrogen and oxygen atoms in total. The van der Waals surface area contributed by atoms with Crippen molar-refractivity contribution in [2.75, 3.05) is 0 Å². The molecule has 228 valence electrons. The second kappa shape index (κ2) is 11.0. The van der Waals surface area contributed by atoms with Crippen LogP contribution in [-0.2, 0) is 0 Å². The van der Waals surface area contributed by atoms with Crippen molar-refractivity contribution in [2.45, 2.75) is 0 Å². The lowest BCUT2D eigenvalue weighted by atomic mass is 9.88. The molecule has 2 aromatic heterocycles. The van der Waals surface area contributed by atoms with E-state index in [9.17, 15) is 0 Å². The molecule has 0 aliphatic rings. The minimum absolute atomic E-state index is 0.592. The molecular formula is C45H27N3O. The Labute approximate surface area is 282 Å². The van der Waals surface area contributed by atoms with E-state index in [0.29, 0.717) is 17.5 Å². The minimum atomic E-state index is 0.592. The fourth-order valence-corrected chi connectivity index (χ4v) is 7.21. The van der Waals surface area contributed by atoms with Gasteiger partial charge >= 0.3 is 0 Å². The number of hydrogen-bond donors (Lipinski definition) is 0. The van der Waals surface area contributed by atoms with E-state index < -0.39 is 0 Å². The largest absolute Gasteiger partial charge is 0.456 e. The van der Waals surface area contributed by atoms with Crippen LogP contribution in [0, 0.1) is 0 Å². The first kappa shape index (κ1) is 27.5. The summed E-state index contributed by atoms with van der Waals surface area (Å²) in [4.78, 5) is 15.6. The summed E-state index contributed by atoms with van der Waals surface area (Å²) in [5.41, 5.74) is 6.66. The van der Waals surface area contributed by atoms with E-state index in [0.717, 1.165) is 65.9 Å². The second-order valence-corrected chi connectivity index (χ2v) is 12.4. The first-order valence-corrected chi connectivity index (χ1v) is 16.4. The van der Waals surface area contributed by atoms with Crippen LogP contribution in [0.1, 0.15) is 0 Å². The molecule has 0 spiro atoms. The maximum Gasteiger partial charge on any atom is 0.164 e. The molecular weight excluding hydrogens is 599 g/mol. The zero-order valence-electron chi connectivity index (χ0n) is 26.3. The molecule has 2 heterocycles. The lowest BCUT2D eigenvalue weighted by Crippen LogP contribution is -2.01. The molecule has 10 rings (SSSR count). The third kappa shape index (κ3) is 4.49. The monoisotopic (exact) mass is 625 g/mol. The van der Waals surface area contributed by atoms with Gasteiger partial charge in [0, 0.05) is 32.8 Å². The quantitative estimate of drug-likeness (QED) is 0.183. The highest BCUT2D eigenvalue weighted by atomic mass is 16.3. The Hall–Kier alpha value is -6.65. The van der Waals surface area contributed by atoms with Crippen LogP contribution in [0.3, 0.4) is 0 Å². The normalized spacial score (nSPS) is 11.7. The van der Waals surface area contributed by atoms with Crippen molar-refractivity contribution >= 4 is 54.3 Å². The summed E-state index contributed by atoms with van der Waals surface area (Å²) < 4.78 is 6.28. The molecule has 0 radical (unpaired) electrons. The Balaban J connectivity index is 1.31. The predicted octanol–water partition coefficient (Wildman–Crippen LogP) is 11.9. The van der Waals surface area contributed by atoms with E-state index in [-0.39, 0.29) is 0 Å². The maximum absolute atomic E-state index is 6.28. The first-order chi connectivity index (χ1) is 24.3. The maximum atomic E-state index is 6.28. The Morgan fingerprint density at radius 1 is 0.306 bits per heavy atom. The molecule has 49 heavy (non-hydrogen) atoms. The highest BCUT2D eigenvalue weighted by Crippen LogP contribution is 2.42. The van der Waals surface area contributed by atoms with Gasteiger partial charge in [-0.25, -0.2) is 15.0 Å². The number of rotatable bonds is 4. The molecule has 0 saturated carbocycles. The predicted molar refractivity (Wildman–Crippen MR) is 201 cm³/mol. The summed E-state index contributed by atoms with van der Waals surface area (Å²) in [5.74, 6) is 1.83. The topological polar surface area (TPSA) is 51.8 Å². The van der Waals surface area contributed by atoms with Crippen molar-refractivity contribution in [3.05, 3.63) is 164 Å². The average Bonchev–Trinajstić information content (AvgIpc) is 3.56. The standard InChI is InChI=1S/C45H27N3O/c1-3-13-28(14-4-1)31-25-38-34-19-8-7-17-32(34)33-18-9-10-21-37(33)42(38)39(26-31)45-47-43(29-15-5-2-6-16-29)46-44(48-45)30-23-24-36-35-20-11-12-22-40(35)49-41(36)27-30/h1-27H. The van der Waals surface area contributed by atoms with Gasteiger partial charge in [-0.2, -0.15) is 0 Å².